The van der Waals surface area contributed by atoms with E-state index in [4.69, 9.17) is 19.5 Å². The number of hydrogen-bond acceptors (Lipinski definition) is 6. The van der Waals surface area contributed by atoms with Crippen LogP contribution in [0.1, 0.15) is 65.2 Å². The highest BCUT2D eigenvalue weighted by atomic mass is 17.2. The topological polar surface area (TPSA) is 91.3 Å². The lowest BCUT2D eigenvalue weighted by molar-refractivity contribution is -0.306. The summed E-state index contributed by atoms with van der Waals surface area (Å²) in [5.41, 5.74) is 0. The van der Waals surface area contributed by atoms with Gasteiger partial charge in [-0.15, -0.1) is 0 Å². The first kappa shape index (κ1) is 21.8. The van der Waals surface area contributed by atoms with Crippen molar-refractivity contribution in [3.8, 4) is 0 Å². The molecule has 0 unspecified atom stereocenters. The number of rotatable bonds is 16. The summed E-state index contributed by atoms with van der Waals surface area (Å²) < 4.78 is 11.1. The van der Waals surface area contributed by atoms with E-state index in [1.54, 1.807) is 0 Å². The minimum atomic E-state index is -0.870. The molecule has 0 aliphatic carbocycles. The molecule has 0 aliphatic heterocycles. The zero-order valence-corrected chi connectivity index (χ0v) is 14.3. The lowest BCUT2D eigenvalue weighted by Crippen LogP contribution is -2.25. The van der Waals surface area contributed by atoms with Crippen LogP contribution in [-0.4, -0.2) is 43.2 Å². The van der Waals surface area contributed by atoms with E-state index in [0.717, 1.165) is 25.7 Å². The largest absolute Gasteiger partial charge is 0.481 e. The van der Waals surface area contributed by atoms with Gasteiger partial charge in [0.2, 0.25) is 0 Å². The number of carbonyl (C=O) groups is 2. The fourth-order valence-electron chi connectivity index (χ4n) is 1.61. The molecule has 136 valence electrons. The number of ether oxygens (including phenoxy) is 2. The van der Waals surface area contributed by atoms with Crippen LogP contribution in [0.15, 0.2) is 0 Å². The molecule has 0 spiro atoms. The predicted octanol–water partition coefficient (Wildman–Crippen LogP) is 3.07. The number of unbranched alkanes of at least 4 members (excludes halogenated alkanes) is 3. The second-order valence-corrected chi connectivity index (χ2v) is 5.22. The van der Waals surface area contributed by atoms with Crippen LogP contribution in [-0.2, 0) is 28.8 Å². The minimum Gasteiger partial charge on any atom is -0.481 e. The zero-order chi connectivity index (χ0) is 17.3. The van der Waals surface area contributed by atoms with E-state index in [-0.39, 0.29) is 19.4 Å². The molecule has 0 aromatic rings. The van der Waals surface area contributed by atoms with Crippen LogP contribution in [0.4, 0.5) is 0 Å². The second-order valence-electron chi connectivity index (χ2n) is 5.22. The molecule has 0 aromatic heterocycles. The molecular weight excluding hydrogens is 304 g/mol. The lowest BCUT2D eigenvalue weighted by Gasteiger charge is -2.17. The highest BCUT2D eigenvalue weighted by molar-refractivity contribution is 5.69. The van der Waals surface area contributed by atoms with Gasteiger partial charge in [0, 0.05) is 26.1 Å². The molecule has 0 amide bonds. The van der Waals surface area contributed by atoms with Crippen molar-refractivity contribution in [2.24, 2.45) is 0 Å². The normalized spacial score (nSPS) is 10.9. The molecule has 0 atom stereocenters. The molecule has 7 heteroatoms. The van der Waals surface area contributed by atoms with Gasteiger partial charge in [-0.2, -0.15) is 4.89 Å². The van der Waals surface area contributed by atoms with Crippen LogP contribution >= 0.6 is 0 Å². The van der Waals surface area contributed by atoms with Crippen LogP contribution in [0.3, 0.4) is 0 Å². The van der Waals surface area contributed by atoms with E-state index in [1.807, 2.05) is 0 Å². The van der Waals surface area contributed by atoms with Crippen molar-refractivity contribution in [3.05, 3.63) is 0 Å². The fraction of sp³-hybridized carbons (Fsp3) is 0.875. The maximum absolute atomic E-state index is 11.4. The summed E-state index contributed by atoms with van der Waals surface area (Å²) in [6, 6.07) is 0. The number of carbonyl (C=O) groups excluding carboxylic acids is 1. The second kappa shape index (κ2) is 15.7. The van der Waals surface area contributed by atoms with E-state index in [1.165, 1.54) is 0 Å². The maximum atomic E-state index is 11.4. The predicted molar refractivity (Wildman–Crippen MR) is 83.7 cm³/mol. The average Bonchev–Trinajstić information content (AvgIpc) is 2.51. The van der Waals surface area contributed by atoms with Crippen molar-refractivity contribution in [2.45, 2.75) is 71.5 Å². The minimum absolute atomic E-state index is 0.0221. The van der Waals surface area contributed by atoms with E-state index < -0.39 is 18.2 Å². The summed E-state index contributed by atoms with van der Waals surface area (Å²) in [5.74, 6) is -1.39. The number of aliphatic carboxylic acids is 1. The molecule has 0 aromatic carbocycles. The van der Waals surface area contributed by atoms with Gasteiger partial charge in [-0.3, -0.25) is 9.68 Å². The highest BCUT2D eigenvalue weighted by Gasteiger charge is 2.12. The molecule has 7 nitrogen and oxygen atoms in total. The van der Waals surface area contributed by atoms with Crippen LogP contribution in [0.2, 0.25) is 0 Å². The molecule has 23 heavy (non-hydrogen) atoms. The smallest absolute Gasteiger partial charge is 0.342 e. The van der Waals surface area contributed by atoms with Crippen LogP contribution in [0, 0.1) is 0 Å². The van der Waals surface area contributed by atoms with Crippen molar-refractivity contribution in [1.82, 2.24) is 0 Å². The van der Waals surface area contributed by atoms with Crippen molar-refractivity contribution in [3.63, 3.8) is 0 Å². The lowest BCUT2D eigenvalue weighted by atomic mass is 10.2. The molecule has 0 saturated heterocycles. The summed E-state index contributed by atoms with van der Waals surface area (Å²) >= 11 is 0. The number of hydrogen-bond donors (Lipinski definition) is 1. The Balaban J connectivity index is 3.80. The maximum Gasteiger partial charge on any atom is 0.342 e. The molecule has 1 N–H and O–H groups in total. The standard InChI is InChI=1S/C16H30O7/c1-3-5-11-20-16(21-12-6-4-2)13-22-23-15(19)10-8-7-9-14(17)18/h16H,3-13H2,1-2H3,(H,17,18). The molecule has 0 heterocycles. The van der Waals surface area contributed by atoms with Crippen LogP contribution in [0.25, 0.3) is 0 Å². The Morgan fingerprint density at radius 3 is 2.00 bits per heavy atom. The number of carboxylic acids is 1. The van der Waals surface area contributed by atoms with Gasteiger partial charge in [0.05, 0.1) is 0 Å². The van der Waals surface area contributed by atoms with Crippen molar-refractivity contribution in [1.29, 1.82) is 0 Å². The van der Waals surface area contributed by atoms with Gasteiger partial charge >= 0.3 is 11.9 Å². The molecule has 0 saturated carbocycles. The van der Waals surface area contributed by atoms with Crippen LogP contribution < -0.4 is 0 Å². The fourth-order valence-corrected chi connectivity index (χ4v) is 1.61. The monoisotopic (exact) mass is 334 g/mol. The van der Waals surface area contributed by atoms with E-state index >= 15 is 0 Å². The third-order valence-corrected chi connectivity index (χ3v) is 2.98. The first-order valence-electron chi connectivity index (χ1n) is 8.37. The van der Waals surface area contributed by atoms with Gasteiger partial charge in [0.15, 0.2) is 6.29 Å². The summed E-state index contributed by atoms with van der Waals surface area (Å²) in [6.45, 7) is 5.30. The van der Waals surface area contributed by atoms with Crippen molar-refractivity contribution in [2.75, 3.05) is 19.8 Å². The van der Waals surface area contributed by atoms with Gasteiger partial charge in [-0.1, -0.05) is 26.7 Å². The summed E-state index contributed by atoms with van der Waals surface area (Å²) in [7, 11) is 0. The van der Waals surface area contributed by atoms with Crippen molar-refractivity contribution < 1.29 is 33.9 Å². The Kier molecular flexibility index (Phi) is 14.9. The summed E-state index contributed by atoms with van der Waals surface area (Å²) in [6.07, 6.45) is 4.42. The van der Waals surface area contributed by atoms with Gasteiger partial charge in [0.1, 0.15) is 6.61 Å². The van der Waals surface area contributed by atoms with Crippen molar-refractivity contribution >= 4 is 11.9 Å². The average molecular weight is 334 g/mol. The first-order valence-corrected chi connectivity index (χ1v) is 8.37. The van der Waals surface area contributed by atoms with Gasteiger partial charge < -0.3 is 14.6 Å². The van der Waals surface area contributed by atoms with Gasteiger partial charge in [-0.05, 0) is 25.7 Å². The molecule has 0 fully saturated rings. The van der Waals surface area contributed by atoms with Gasteiger partial charge in [-0.25, -0.2) is 4.79 Å². The highest BCUT2D eigenvalue weighted by Crippen LogP contribution is 2.04. The molecule has 0 radical (unpaired) electrons. The molecule has 0 aliphatic rings. The molecule has 0 rings (SSSR count). The third kappa shape index (κ3) is 15.5. The Labute approximate surface area is 138 Å². The Hall–Kier alpha value is -1.18. The van der Waals surface area contributed by atoms with E-state index in [2.05, 4.69) is 18.7 Å². The van der Waals surface area contributed by atoms with Gasteiger partial charge in [0.25, 0.3) is 0 Å². The van der Waals surface area contributed by atoms with E-state index in [0.29, 0.717) is 26.1 Å². The molecule has 0 bridgehead atoms. The Morgan fingerprint density at radius 2 is 1.48 bits per heavy atom. The first-order chi connectivity index (χ1) is 11.1. The Bertz CT molecular complexity index is 297. The summed E-state index contributed by atoms with van der Waals surface area (Å²) in [5, 5.41) is 8.49. The zero-order valence-electron chi connectivity index (χ0n) is 14.3. The number of carboxylic acid groups (broad SMARTS) is 1. The summed E-state index contributed by atoms with van der Waals surface area (Å²) in [4.78, 5) is 31.3. The van der Waals surface area contributed by atoms with Crippen LogP contribution in [0.5, 0.6) is 0 Å². The molecular formula is C16H30O7. The quantitative estimate of drug-likeness (QED) is 0.201. The third-order valence-electron chi connectivity index (χ3n) is 2.98. The Morgan fingerprint density at radius 1 is 0.913 bits per heavy atom. The SMILES string of the molecule is CCCCOC(COOC(=O)CCCCC(=O)O)OCCCC. The van der Waals surface area contributed by atoms with E-state index in [9.17, 15) is 9.59 Å².